The van der Waals surface area contributed by atoms with Crippen LogP contribution in [0.25, 0.3) is 22.4 Å². The molecule has 0 saturated carbocycles. The van der Waals surface area contributed by atoms with Crippen LogP contribution in [0, 0.1) is 12.8 Å². The second-order valence-corrected chi connectivity index (χ2v) is 8.23. The Morgan fingerprint density at radius 3 is 2.60 bits per heavy atom. The Morgan fingerprint density at radius 1 is 1.27 bits per heavy atom. The molecule has 0 aliphatic rings. The van der Waals surface area contributed by atoms with Crippen LogP contribution < -0.4 is 10.9 Å². The van der Waals surface area contributed by atoms with E-state index in [9.17, 15) is 14.7 Å². The van der Waals surface area contributed by atoms with E-state index in [-0.39, 0.29) is 5.56 Å². The van der Waals surface area contributed by atoms with E-state index in [2.05, 4.69) is 16.8 Å². The van der Waals surface area contributed by atoms with Crippen LogP contribution in [0.4, 0.5) is 0 Å². The number of rotatable bonds is 8. The summed E-state index contributed by atoms with van der Waals surface area (Å²) in [6.45, 7) is 9.13. The summed E-state index contributed by atoms with van der Waals surface area (Å²) in [7, 11) is 1.75. The molecule has 0 fully saturated rings. The number of aliphatic carboxylic acids is 1. The largest absolute Gasteiger partial charge is 0.480 e. The zero-order valence-electron chi connectivity index (χ0n) is 18.3. The summed E-state index contributed by atoms with van der Waals surface area (Å²) in [5.41, 5.74) is 4.42. The van der Waals surface area contributed by atoms with Gasteiger partial charge < -0.3 is 19.6 Å². The first kappa shape index (κ1) is 21.8. The van der Waals surface area contributed by atoms with Crippen molar-refractivity contribution in [3.63, 3.8) is 0 Å². The number of nitrogens with zero attached hydrogens (tertiary/aromatic N) is 3. The number of carboxylic acids is 1. The number of nitrogens with one attached hydrogen (secondary N) is 1. The van der Waals surface area contributed by atoms with Gasteiger partial charge in [-0.15, -0.1) is 0 Å². The maximum absolute atomic E-state index is 12.1. The Hall–Kier alpha value is -2.93. The molecular formula is C23H30N4O3. The number of imidazole rings is 1. The van der Waals surface area contributed by atoms with Crippen LogP contribution in [0.5, 0.6) is 0 Å². The van der Waals surface area contributed by atoms with Crippen LogP contribution in [0.3, 0.4) is 0 Å². The molecule has 160 valence electrons. The van der Waals surface area contributed by atoms with E-state index in [0.29, 0.717) is 24.4 Å². The number of pyridine rings is 1. The predicted octanol–water partition coefficient (Wildman–Crippen LogP) is 3.32. The summed E-state index contributed by atoms with van der Waals surface area (Å²) in [4.78, 5) is 28.4. The number of carbonyl (C=O) groups is 1. The molecule has 0 saturated heterocycles. The van der Waals surface area contributed by atoms with Gasteiger partial charge >= 0.3 is 5.97 Å². The molecule has 0 spiro atoms. The number of aromatic nitrogens is 3. The lowest BCUT2D eigenvalue weighted by Gasteiger charge is -2.16. The summed E-state index contributed by atoms with van der Waals surface area (Å²) in [5.74, 6) is 0.293. The molecule has 2 heterocycles. The van der Waals surface area contributed by atoms with Gasteiger partial charge in [-0.05, 0) is 49.9 Å². The normalized spacial score (nSPS) is 12.6. The number of benzene rings is 1. The summed E-state index contributed by atoms with van der Waals surface area (Å²) >= 11 is 0. The third-order valence-corrected chi connectivity index (χ3v) is 5.31. The molecule has 0 bridgehead atoms. The van der Waals surface area contributed by atoms with Gasteiger partial charge in [0.05, 0.1) is 11.0 Å². The molecule has 0 aliphatic carbocycles. The van der Waals surface area contributed by atoms with Gasteiger partial charge in [-0.3, -0.25) is 9.59 Å². The van der Waals surface area contributed by atoms with Gasteiger partial charge in [0.1, 0.15) is 11.9 Å². The minimum atomic E-state index is -0.826. The van der Waals surface area contributed by atoms with Crippen molar-refractivity contribution in [3.05, 3.63) is 51.9 Å². The molecular weight excluding hydrogens is 380 g/mol. The van der Waals surface area contributed by atoms with Gasteiger partial charge in [0.2, 0.25) is 0 Å². The highest BCUT2D eigenvalue weighted by atomic mass is 16.4. The third kappa shape index (κ3) is 4.46. The van der Waals surface area contributed by atoms with Crippen molar-refractivity contribution < 1.29 is 9.90 Å². The van der Waals surface area contributed by atoms with Gasteiger partial charge in [0.15, 0.2) is 0 Å². The van der Waals surface area contributed by atoms with Crippen molar-refractivity contribution in [2.45, 2.75) is 53.2 Å². The smallest absolute Gasteiger partial charge is 0.320 e. The molecule has 1 atom stereocenters. The van der Waals surface area contributed by atoms with Crippen LogP contribution in [-0.4, -0.2) is 31.2 Å². The van der Waals surface area contributed by atoms with E-state index in [1.54, 1.807) is 11.6 Å². The highest BCUT2D eigenvalue weighted by molar-refractivity contribution is 5.81. The van der Waals surface area contributed by atoms with Crippen molar-refractivity contribution in [2.24, 2.45) is 13.0 Å². The number of fused-ring (bicyclic) bond motifs is 1. The molecule has 1 aromatic carbocycles. The fourth-order valence-corrected chi connectivity index (χ4v) is 3.81. The summed E-state index contributed by atoms with van der Waals surface area (Å²) in [6.07, 6.45) is 2.40. The van der Waals surface area contributed by atoms with Gasteiger partial charge in [0, 0.05) is 37.5 Å². The molecule has 3 aromatic rings. The van der Waals surface area contributed by atoms with Crippen LogP contribution in [0.1, 0.15) is 38.3 Å². The predicted molar refractivity (Wildman–Crippen MR) is 119 cm³/mol. The van der Waals surface area contributed by atoms with Gasteiger partial charge in [-0.1, -0.05) is 19.9 Å². The van der Waals surface area contributed by atoms with Crippen molar-refractivity contribution >= 4 is 17.0 Å². The molecule has 3 rings (SSSR count). The van der Waals surface area contributed by atoms with Gasteiger partial charge in [-0.25, -0.2) is 4.98 Å². The molecule has 7 nitrogen and oxygen atoms in total. The fourth-order valence-electron chi connectivity index (χ4n) is 3.81. The standard InChI is InChI=1S/C23H30N4O3/c1-6-27-20-8-7-16(12-24-19(23(29)30)9-14(2)3)11-18(20)25-21(27)17-10-15(4)22(28)26(5)13-17/h7-8,10-11,13-14,19,24H,6,9,12H2,1-5H3,(H,29,30)/t19-/m0/s1. The quantitative estimate of drug-likeness (QED) is 0.595. The first-order valence-corrected chi connectivity index (χ1v) is 10.3. The Labute approximate surface area is 176 Å². The minimum absolute atomic E-state index is 0.0133. The van der Waals surface area contributed by atoms with Crippen LogP contribution in [0.15, 0.2) is 35.3 Å². The van der Waals surface area contributed by atoms with Crippen molar-refractivity contribution in [1.29, 1.82) is 0 Å². The molecule has 30 heavy (non-hydrogen) atoms. The van der Waals surface area contributed by atoms with E-state index in [0.717, 1.165) is 34.5 Å². The summed E-state index contributed by atoms with van der Waals surface area (Å²) in [6, 6.07) is 7.34. The molecule has 0 aliphatic heterocycles. The SMILES string of the molecule is CCn1c(-c2cc(C)c(=O)n(C)c2)nc2cc(CN[C@@H](CC(C)C)C(=O)O)ccc21. The maximum Gasteiger partial charge on any atom is 0.320 e. The second kappa shape index (κ2) is 8.83. The van der Waals surface area contributed by atoms with Crippen LogP contribution in [-0.2, 0) is 24.9 Å². The molecule has 0 unspecified atom stereocenters. The highest BCUT2D eigenvalue weighted by Crippen LogP contribution is 2.25. The van der Waals surface area contributed by atoms with Crippen molar-refractivity contribution in [3.8, 4) is 11.4 Å². The van der Waals surface area contributed by atoms with Crippen molar-refractivity contribution in [2.75, 3.05) is 0 Å². The third-order valence-electron chi connectivity index (χ3n) is 5.31. The number of carboxylic acid groups (broad SMARTS) is 1. The topological polar surface area (TPSA) is 89.2 Å². The molecule has 0 amide bonds. The minimum Gasteiger partial charge on any atom is -0.480 e. The molecule has 2 N–H and O–H groups in total. The first-order valence-electron chi connectivity index (χ1n) is 10.3. The lowest BCUT2D eigenvalue weighted by Crippen LogP contribution is -2.37. The number of aryl methyl sites for hydroxylation is 3. The van der Waals surface area contributed by atoms with Crippen LogP contribution >= 0.6 is 0 Å². The molecule has 2 aromatic heterocycles. The van der Waals surface area contributed by atoms with E-state index in [1.807, 2.05) is 51.2 Å². The maximum atomic E-state index is 12.1. The monoisotopic (exact) mass is 410 g/mol. The van der Waals surface area contributed by atoms with E-state index in [4.69, 9.17) is 4.98 Å². The zero-order valence-corrected chi connectivity index (χ0v) is 18.3. The Kier molecular flexibility index (Phi) is 6.41. The lowest BCUT2D eigenvalue weighted by atomic mass is 10.0. The van der Waals surface area contributed by atoms with E-state index in [1.165, 1.54) is 0 Å². The van der Waals surface area contributed by atoms with Crippen molar-refractivity contribution in [1.82, 2.24) is 19.4 Å². The Bertz CT molecular complexity index is 1100. The lowest BCUT2D eigenvalue weighted by molar-refractivity contribution is -0.140. The second-order valence-electron chi connectivity index (χ2n) is 8.23. The summed E-state index contributed by atoms with van der Waals surface area (Å²) in [5, 5.41) is 12.6. The number of hydrogen-bond donors (Lipinski definition) is 2. The average Bonchev–Trinajstić information content (AvgIpc) is 3.06. The fraction of sp³-hybridized carbons (Fsp3) is 0.435. The van der Waals surface area contributed by atoms with Gasteiger partial charge in [-0.2, -0.15) is 0 Å². The highest BCUT2D eigenvalue weighted by Gasteiger charge is 2.19. The van der Waals surface area contributed by atoms with Gasteiger partial charge in [0.25, 0.3) is 5.56 Å². The summed E-state index contributed by atoms with van der Waals surface area (Å²) < 4.78 is 3.71. The number of hydrogen-bond acceptors (Lipinski definition) is 4. The first-order chi connectivity index (χ1) is 14.2. The zero-order chi connectivity index (χ0) is 22.0. The van der Waals surface area contributed by atoms with E-state index >= 15 is 0 Å². The molecule has 7 heteroatoms. The van der Waals surface area contributed by atoms with E-state index < -0.39 is 12.0 Å². The Balaban J connectivity index is 1.94. The molecule has 0 radical (unpaired) electrons. The Morgan fingerprint density at radius 2 is 2.00 bits per heavy atom. The average molecular weight is 411 g/mol. The van der Waals surface area contributed by atoms with Crippen LogP contribution in [0.2, 0.25) is 0 Å².